The number of carbonyl (C=O) groups is 1. The molecule has 27 heavy (non-hydrogen) atoms. The third-order valence-electron chi connectivity index (χ3n) is 6.02. The summed E-state index contributed by atoms with van der Waals surface area (Å²) < 4.78 is 19.0. The number of alkyl halides is 1. The number of piperidine rings is 1. The fourth-order valence-corrected chi connectivity index (χ4v) is 4.50. The Kier molecular flexibility index (Phi) is 5.04. The molecule has 2 fully saturated rings. The van der Waals surface area contributed by atoms with Gasteiger partial charge in [-0.05, 0) is 62.7 Å². The quantitative estimate of drug-likeness (QED) is 0.874. The summed E-state index contributed by atoms with van der Waals surface area (Å²) in [5.41, 5.74) is 3.81. The Morgan fingerprint density at radius 2 is 2.15 bits per heavy atom. The van der Waals surface area contributed by atoms with Crippen LogP contribution in [-0.4, -0.2) is 52.8 Å². The van der Waals surface area contributed by atoms with Crippen molar-refractivity contribution in [3.05, 3.63) is 35.8 Å². The summed E-state index contributed by atoms with van der Waals surface area (Å²) in [6.45, 7) is 4.35. The molecule has 0 bridgehead atoms. The van der Waals surface area contributed by atoms with Gasteiger partial charge in [0.1, 0.15) is 18.9 Å². The van der Waals surface area contributed by atoms with Crippen LogP contribution in [-0.2, 0) is 11.3 Å². The number of nitrogens with one attached hydrogen (secondary N) is 1. The largest absolute Gasteiger partial charge is 0.447 e. The topological polar surface area (TPSA) is 58.9 Å². The molecule has 3 heterocycles. The standard InChI is InChI=1S/C20H27FN4O2/c1-15-2-3-18-22-12-17(25(18)13-15)14-24-7-4-20(5-8-24)10-16(11-20)23-19(26)27-9-6-21/h2-3,12-13,16H,4-11,14H2,1H3,(H,23,26). The van der Waals surface area contributed by atoms with Crippen LogP contribution in [0.4, 0.5) is 9.18 Å². The van der Waals surface area contributed by atoms with Crippen LogP contribution in [0, 0.1) is 12.3 Å². The Bertz CT molecular complexity index is 805. The average molecular weight is 374 g/mol. The van der Waals surface area contributed by atoms with Crippen LogP contribution in [0.1, 0.15) is 36.9 Å². The third-order valence-corrected chi connectivity index (χ3v) is 6.02. The first-order chi connectivity index (χ1) is 13.1. The number of halogens is 1. The molecule has 0 aromatic carbocycles. The molecule has 1 aliphatic heterocycles. The number of rotatable bonds is 5. The maximum atomic E-state index is 12.0. The minimum atomic E-state index is -0.635. The first-order valence-corrected chi connectivity index (χ1v) is 9.71. The van der Waals surface area contributed by atoms with E-state index in [1.165, 1.54) is 11.3 Å². The van der Waals surface area contributed by atoms with E-state index in [9.17, 15) is 9.18 Å². The zero-order valence-electron chi connectivity index (χ0n) is 15.8. The molecule has 6 nitrogen and oxygen atoms in total. The predicted molar refractivity (Wildman–Crippen MR) is 100 cm³/mol. The van der Waals surface area contributed by atoms with E-state index >= 15 is 0 Å². The van der Waals surface area contributed by atoms with Crippen LogP contribution >= 0.6 is 0 Å². The Morgan fingerprint density at radius 3 is 2.89 bits per heavy atom. The van der Waals surface area contributed by atoms with E-state index in [0.717, 1.165) is 51.0 Å². The summed E-state index contributed by atoms with van der Waals surface area (Å²) in [4.78, 5) is 18.5. The molecule has 0 radical (unpaired) electrons. The monoisotopic (exact) mass is 374 g/mol. The zero-order chi connectivity index (χ0) is 18.9. The number of fused-ring (bicyclic) bond motifs is 1. The van der Waals surface area contributed by atoms with E-state index in [1.54, 1.807) is 0 Å². The van der Waals surface area contributed by atoms with E-state index in [1.807, 2.05) is 6.20 Å². The van der Waals surface area contributed by atoms with Gasteiger partial charge in [-0.3, -0.25) is 4.90 Å². The van der Waals surface area contributed by atoms with E-state index < -0.39 is 12.8 Å². The van der Waals surface area contributed by atoms with E-state index in [-0.39, 0.29) is 12.6 Å². The first-order valence-electron chi connectivity index (χ1n) is 9.71. The van der Waals surface area contributed by atoms with Crippen molar-refractivity contribution in [3.8, 4) is 0 Å². The number of aryl methyl sites for hydroxylation is 1. The van der Waals surface area contributed by atoms with Gasteiger partial charge in [0.2, 0.25) is 0 Å². The lowest BCUT2D eigenvalue weighted by Gasteiger charge is -2.52. The van der Waals surface area contributed by atoms with Gasteiger partial charge in [0.25, 0.3) is 0 Å². The van der Waals surface area contributed by atoms with Gasteiger partial charge in [0.15, 0.2) is 0 Å². The lowest BCUT2D eigenvalue weighted by atomic mass is 9.60. The summed E-state index contributed by atoms with van der Waals surface area (Å²) >= 11 is 0. The molecule has 1 saturated heterocycles. The van der Waals surface area contributed by atoms with Gasteiger partial charge in [-0.2, -0.15) is 0 Å². The first kappa shape index (κ1) is 18.2. The van der Waals surface area contributed by atoms with Crippen LogP contribution < -0.4 is 5.32 Å². The number of pyridine rings is 1. The van der Waals surface area contributed by atoms with Crippen LogP contribution in [0.25, 0.3) is 5.65 Å². The molecule has 146 valence electrons. The molecule has 2 aliphatic rings. The summed E-state index contributed by atoms with van der Waals surface area (Å²) in [7, 11) is 0. The molecular formula is C20H27FN4O2. The molecule has 2 aromatic heterocycles. The predicted octanol–water partition coefficient (Wildman–Crippen LogP) is 3.08. The normalized spacial score (nSPS) is 19.9. The highest BCUT2D eigenvalue weighted by molar-refractivity contribution is 5.67. The second-order valence-corrected chi connectivity index (χ2v) is 8.03. The summed E-state index contributed by atoms with van der Waals surface area (Å²) in [6, 6.07) is 4.32. The molecule has 4 rings (SSSR count). The van der Waals surface area contributed by atoms with Crippen LogP contribution in [0.15, 0.2) is 24.5 Å². The summed E-state index contributed by atoms with van der Waals surface area (Å²) in [5, 5.41) is 2.84. The Balaban J connectivity index is 1.26. The average Bonchev–Trinajstić information content (AvgIpc) is 3.02. The van der Waals surface area contributed by atoms with Gasteiger partial charge in [-0.25, -0.2) is 14.2 Å². The second kappa shape index (κ2) is 7.46. The van der Waals surface area contributed by atoms with Crippen LogP contribution in [0.3, 0.4) is 0 Å². The number of likely N-dealkylation sites (tertiary alicyclic amines) is 1. The minimum absolute atomic E-state index is 0.165. The maximum absolute atomic E-state index is 12.0. The Morgan fingerprint density at radius 1 is 1.37 bits per heavy atom. The lowest BCUT2D eigenvalue weighted by Crippen LogP contribution is -2.54. The molecule has 1 amide bonds. The fraction of sp³-hybridized carbons (Fsp3) is 0.600. The number of hydrogen-bond acceptors (Lipinski definition) is 4. The van der Waals surface area contributed by atoms with E-state index in [2.05, 4.69) is 44.9 Å². The van der Waals surface area contributed by atoms with Crippen molar-refractivity contribution < 1.29 is 13.9 Å². The van der Waals surface area contributed by atoms with Crippen molar-refractivity contribution in [2.45, 2.75) is 45.2 Å². The maximum Gasteiger partial charge on any atom is 0.407 e. The molecule has 0 unspecified atom stereocenters. The Hall–Kier alpha value is -2.15. The molecule has 7 heteroatoms. The molecule has 0 atom stereocenters. The molecule has 1 saturated carbocycles. The third kappa shape index (κ3) is 3.93. The number of nitrogens with zero attached hydrogens (tertiary/aromatic N) is 3. The number of alkyl carbamates (subject to hydrolysis) is 1. The SMILES string of the molecule is Cc1ccc2ncc(CN3CCC4(CC3)CC(NC(=O)OCCF)C4)n2c1. The van der Waals surface area contributed by atoms with Crippen molar-refractivity contribution >= 4 is 11.7 Å². The number of ether oxygens (including phenoxy) is 1. The molecule has 1 spiro atoms. The zero-order valence-corrected chi connectivity index (χ0v) is 15.8. The number of aromatic nitrogens is 2. The number of amides is 1. The highest BCUT2D eigenvalue weighted by Crippen LogP contribution is 2.49. The van der Waals surface area contributed by atoms with Crippen molar-refractivity contribution in [2.24, 2.45) is 5.41 Å². The van der Waals surface area contributed by atoms with Crippen LogP contribution in [0.5, 0.6) is 0 Å². The van der Waals surface area contributed by atoms with E-state index in [0.29, 0.717) is 5.41 Å². The van der Waals surface area contributed by atoms with Crippen molar-refractivity contribution in [1.29, 1.82) is 0 Å². The van der Waals surface area contributed by atoms with Gasteiger partial charge >= 0.3 is 6.09 Å². The molecule has 2 aromatic rings. The second-order valence-electron chi connectivity index (χ2n) is 8.03. The van der Waals surface area contributed by atoms with Gasteiger partial charge in [-0.15, -0.1) is 0 Å². The van der Waals surface area contributed by atoms with Crippen LogP contribution in [0.2, 0.25) is 0 Å². The van der Waals surface area contributed by atoms with Gasteiger partial charge in [0.05, 0.1) is 11.9 Å². The van der Waals surface area contributed by atoms with Gasteiger partial charge in [-0.1, -0.05) is 6.07 Å². The van der Waals surface area contributed by atoms with Crippen molar-refractivity contribution in [3.63, 3.8) is 0 Å². The summed E-state index contributed by atoms with van der Waals surface area (Å²) in [5.74, 6) is 0. The lowest BCUT2D eigenvalue weighted by molar-refractivity contribution is 0.00279. The Labute approximate surface area is 158 Å². The number of imidazole rings is 1. The van der Waals surface area contributed by atoms with E-state index in [4.69, 9.17) is 4.74 Å². The van der Waals surface area contributed by atoms with Crippen molar-refractivity contribution in [2.75, 3.05) is 26.4 Å². The van der Waals surface area contributed by atoms with Crippen molar-refractivity contribution in [1.82, 2.24) is 19.6 Å². The number of carbonyl (C=O) groups excluding carboxylic acids is 1. The molecule has 1 aliphatic carbocycles. The molecule has 1 N–H and O–H groups in total. The fourth-order valence-electron chi connectivity index (χ4n) is 4.50. The van der Waals surface area contributed by atoms with Gasteiger partial charge in [0, 0.05) is 18.8 Å². The summed E-state index contributed by atoms with van der Waals surface area (Å²) in [6.07, 6.45) is 7.94. The highest BCUT2D eigenvalue weighted by atomic mass is 19.1. The minimum Gasteiger partial charge on any atom is -0.447 e. The molecular weight excluding hydrogens is 347 g/mol. The highest BCUT2D eigenvalue weighted by Gasteiger charge is 2.46. The smallest absolute Gasteiger partial charge is 0.407 e. The van der Waals surface area contributed by atoms with Gasteiger partial charge < -0.3 is 14.5 Å². The number of hydrogen-bond donors (Lipinski definition) is 1.